The first kappa shape index (κ1) is 26.5. The van der Waals surface area contributed by atoms with Crippen LogP contribution in [-0.4, -0.2) is 43.2 Å². The van der Waals surface area contributed by atoms with Gasteiger partial charge < -0.3 is 14.6 Å². The van der Waals surface area contributed by atoms with Crippen LogP contribution in [0.5, 0.6) is 5.75 Å². The molecule has 2 amide bonds. The van der Waals surface area contributed by atoms with E-state index in [-0.39, 0.29) is 28.3 Å². The van der Waals surface area contributed by atoms with E-state index in [1.165, 1.54) is 19.9 Å². The van der Waals surface area contributed by atoms with Crippen LogP contribution in [0.15, 0.2) is 30.6 Å². The van der Waals surface area contributed by atoms with Crippen LogP contribution < -0.4 is 15.0 Å². The Hall–Kier alpha value is -3.06. The molecule has 3 rings (SSSR count). The monoisotopic (exact) mass is 517 g/mol. The van der Waals surface area contributed by atoms with Gasteiger partial charge in [-0.15, -0.1) is 13.2 Å². The SMILES string of the molecule is CC[C@](C)(CS(=O)O)NC(=O)c1cc(F)c2c(c1)C(C)(C)C(=O)N2c1cncc(OC(F)(F)F)c1. The molecule has 1 aliphatic rings. The van der Waals surface area contributed by atoms with Gasteiger partial charge in [-0.25, -0.2) is 8.60 Å². The molecular formula is C22H23F4N3O5S. The van der Waals surface area contributed by atoms with Gasteiger partial charge in [-0.1, -0.05) is 6.92 Å². The van der Waals surface area contributed by atoms with E-state index < -0.39 is 51.8 Å². The first-order valence-corrected chi connectivity index (χ1v) is 11.6. The van der Waals surface area contributed by atoms with Gasteiger partial charge in [0.1, 0.15) is 11.6 Å². The normalized spacial score (nSPS) is 17.5. The van der Waals surface area contributed by atoms with E-state index in [2.05, 4.69) is 15.0 Å². The van der Waals surface area contributed by atoms with E-state index in [1.807, 2.05) is 0 Å². The highest BCUT2D eigenvalue weighted by atomic mass is 32.2. The molecule has 0 fully saturated rings. The topological polar surface area (TPSA) is 109 Å². The van der Waals surface area contributed by atoms with Crippen LogP contribution >= 0.6 is 0 Å². The molecule has 13 heteroatoms. The highest BCUT2D eigenvalue weighted by Gasteiger charge is 2.47. The number of hydrogen-bond donors (Lipinski definition) is 2. The van der Waals surface area contributed by atoms with Gasteiger partial charge in [-0.3, -0.25) is 19.5 Å². The van der Waals surface area contributed by atoms with Crippen molar-refractivity contribution in [2.24, 2.45) is 0 Å². The van der Waals surface area contributed by atoms with Gasteiger partial charge in [0.2, 0.25) is 5.91 Å². The number of alkyl halides is 3. The molecule has 2 N–H and O–H groups in total. The number of carbonyl (C=O) groups is 2. The molecule has 0 saturated carbocycles. The molecule has 0 spiro atoms. The molecule has 2 aromatic rings. The molecule has 190 valence electrons. The summed E-state index contributed by atoms with van der Waals surface area (Å²) in [5, 5.41) is 2.63. The highest BCUT2D eigenvalue weighted by molar-refractivity contribution is 7.79. The van der Waals surface area contributed by atoms with Gasteiger partial charge in [0, 0.05) is 11.6 Å². The molecule has 1 aliphatic heterocycles. The largest absolute Gasteiger partial charge is 0.573 e. The number of aromatic nitrogens is 1. The number of benzene rings is 1. The van der Waals surface area contributed by atoms with Crippen LogP contribution in [-0.2, 0) is 21.3 Å². The Morgan fingerprint density at radius 1 is 1.26 bits per heavy atom. The second-order valence-corrected chi connectivity index (χ2v) is 9.81. The van der Waals surface area contributed by atoms with Gasteiger partial charge in [-0.05, 0) is 44.9 Å². The van der Waals surface area contributed by atoms with Crippen molar-refractivity contribution in [1.29, 1.82) is 0 Å². The number of fused-ring (bicyclic) bond motifs is 1. The van der Waals surface area contributed by atoms with Gasteiger partial charge in [0.25, 0.3) is 5.91 Å². The van der Waals surface area contributed by atoms with Crippen LogP contribution in [0.3, 0.4) is 0 Å². The summed E-state index contributed by atoms with van der Waals surface area (Å²) in [6.45, 7) is 6.26. The van der Waals surface area contributed by atoms with Crippen molar-refractivity contribution in [1.82, 2.24) is 10.3 Å². The number of halogens is 4. The molecule has 0 bridgehead atoms. The van der Waals surface area contributed by atoms with Crippen molar-refractivity contribution in [3.05, 3.63) is 47.5 Å². The number of amides is 2. The summed E-state index contributed by atoms with van der Waals surface area (Å²) in [7, 11) is 0. The van der Waals surface area contributed by atoms with Gasteiger partial charge in [0.05, 0.1) is 40.5 Å². The van der Waals surface area contributed by atoms with Crippen molar-refractivity contribution in [2.75, 3.05) is 10.7 Å². The third-order valence-corrected chi connectivity index (χ3v) is 6.67. The summed E-state index contributed by atoms with van der Waals surface area (Å²) in [5.41, 5.74) is -2.75. The summed E-state index contributed by atoms with van der Waals surface area (Å²) in [6.07, 6.45) is -2.78. The van der Waals surface area contributed by atoms with Gasteiger partial charge >= 0.3 is 6.36 Å². The van der Waals surface area contributed by atoms with E-state index in [4.69, 9.17) is 0 Å². The Balaban J connectivity index is 2.04. The first-order chi connectivity index (χ1) is 16.1. The van der Waals surface area contributed by atoms with Crippen molar-refractivity contribution in [3.8, 4) is 5.75 Å². The Bertz CT molecular complexity index is 1200. The maximum absolute atomic E-state index is 15.4. The van der Waals surface area contributed by atoms with Crippen LogP contribution in [0.1, 0.15) is 50.0 Å². The lowest BCUT2D eigenvalue weighted by atomic mass is 9.85. The molecule has 1 unspecified atom stereocenters. The average molecular weight is 518 g/mol. The number of nitrogens with one attached hydrogen (secondary N) is 1. The third kappa shape index (κ3) is 5.45. The summed E-state index contributed by atoms with van der Waals surface area (Å²) >= 11 is -2.19. The van der Waals surface area contributed by atoms with E-state index in [9.17, 15) is 31.5 Å². The number of pyridine rings is 1. The van der Waals surface area contributed by atoms with Crippen LogP contribution in [0.25, 0.3) is 0 Å². The highest BCUT2D eigenvalue weighted by Crippen LogP contribution is 2.47. The number of ether oxygens (including phenoxy) is 1. The fraction of sp³-hybridized carbons (Fsp3) is 0.409. The second kappa shape index (κ2) is 9.19. The minimum Gasteiger partial charge on any atom is -0.404 e. The third-order valence-electron chi connectivity index (χ3n) is 5.79. The number of hydrogen-bond acceptors (Lipinski definition) is 5. The Kier molecular flexibility index (Phi) is 6.97. The number of carbonyl (C=O) groups excluding carboxylic acids is 2. The lowest BCUT2D eigenvalue weighted by Gasteiger charge is -2.28. The number of nitrogens with zero attached hydrogens (tertiary/aromatic N) is 2. The van der Waals surface area contributed by atoms with E-state index in [0.29, 0.717) is 6.42 Å². The first-order valence-electron chi connectivity index (χ1n) is 10.4. The lowest BCUT2D eigenvalue weighted by molar-refractivity contribution is -0.274. The lowest BCUT2D eigenvalue weighted by Crippen LogP contribution is -2.49. The molecule has 1 aromatic heterocycles. The predicted molar refractivity (Wildman–Crippen MR) is 119 cm³/mol. The summed E-state index contributed by atoms with van der Waals surface area (Å²) in [6, 6.07) is 3.12. The quantitative estimate of drug-likeness (QED) is 0.421. The molecule has 0 saturated heterocycles. The molecule has 2 heterocycles. The second-order valence-electron chi connectivity index (χ2n) is 8.88. The summed E-state index contributed by atoms with van der Waals surface area (Å²) in [4.78, 5) is 30.7. The molecule has 2 atom stereocenters. The smallest absolute Gasteiger partial charge is 0.404 e. The Morgan fingerprint density at radius 3 is 2.49 bits per heavy atom. The van der Waals surface area contributed by atoms with Crippen LogP contribution in [0.4, 0.5) is 28.9 Å². The minimum absolute atomic E-state index is 0.125. The Morgan fingerprint density at radius 2 is 1.91 bits per heavy atom. The maximum Gasteiger partial charge on any atom is 0.573 e. The van der Waals surface area contributed by atoms with E-state index in [0.717, 1.165) is 29.4 Å². The summed E-state index contributed by atoms with van der Waals surface area (Å²) < 4.78 is 77.6. The van der Waals surface area contributed by atoms with Crippen molar-refractivity contribution < 1.29 is 40.6 Å². The van der Waals surface area contributed by atoms with Gasteiger partial charge in [-0.2, -0.15) is 0 Å². The molecular weight excluding hydrogens is 494 g/mol. The van der Waals surface area contributed by atoms with Crippen molar-refractivity contribution >= 4 is 34.3 Å². The molecule has 0 aliphatic carbocycles. The minimum atomic E-state index is -4.99. The predicted octanol–water partition coefficient (Wildman–Crippen LogP) is 4.20. The van der Waals surface area contributed by atoms with E-state index >= 15 is 4.39 Å². The Labute approximate surface area is 201 Å². The zero-order valence-corrected chi connectivity index (χ0v) is 20.0. The molecule has 8 nitrogen and oxygen atoms in total. The van der Waals surface area contributed by atoms with Crippen molar-refractivity contribution in [3.63, 3.8) is 0 Å². The average Bonchev–Trinajstić information content (AvgIpc) is 2.93. The standard InChI is InChI=1S/C22H23F4N3O5S/c1-5-21(4,11-35(32)33)28-18(30)12-6-15-17(16(23)7-12)29(19(31)20(15,2)3)13-8-14(10-27-9-13)34-22(24,25)26/h6-10H,5,11H2,1-4H3,(H,28,30)(H,32,33)/t21-/m1/s1. The number of rotatable bonds is 7. The van der Waals surface area contributed by atoms with Crippen molar-refractivity contribution in [2.45, 2.75) is 51.4 Å². The van der Waals surface area contributed by atoms with Crippen LogP contribution in [0, 0.1) is 5.82 Å². The van der Waals surface area contributed by atoms with E-state index in [1.54, 1.807) is 13.8 Å². The molecule has 35 heavy (non-hydrogen) atoms. The van der Waals surface area contributed by atoms with Crippen LogP contribution in [0.2, 0.25) is 0 Å². The van der Waals surface area contributed by atoms with Gasteiger partial charge in [0.15, 0.2) is 11.1 Å². The zero-order valence-electron chi connectivity index (χ0n) is 19.2. The number of anilines is 2. The fourth-order valence-electron chi connectivity index (χ4n) is 3.74. The maximum atomic E-state index is 15.4. The molecule has 0 radical (unpaired) electrons. The zero-order chi connectivity index (χ0) is 26.3. The fourth-order valence-corrected chi connectivity index (χ4v) is 4.56. The summed E-state index contributed by atoms with van der Waals surface area (Å²) in [5.74, 6) is -3.26. The molecule has 1 aromatic carbocycles.